The highest BCUT2D eigenvalue weighted by atomic mass is 32.1. The molecule has 1 amide bonds. The number of thiophene rings is 1. The van der Waals surface area contributed by atoms with Crippen LogP contribution in [0.3, 0.4) is 0 Å². The lowest BCUT2D eigenvalue weighted by molar-refractivity contribution is -0.119. The molecule has 7 heteroatoms. The second-order valence-corrected chi connectivity index (χ2v) is 6.84. The lowest BCUT2D eigenvalue weighted by atomic mass is 10.2. The zero-order chi connectivity index (χ0) is 18.1. The second kappa shape index (κ2) is 9.68. The van der Waals surface area contributed by atoms with Crippen molar-refractivity contribution >= 4 is 23.2 Å². The van der Waals surface area contributed by atoms with Gasteiger partial charge < -0.3 is 21.1 Å². The number of benzene rings is 1. The molecular weight excluding hydrogens is 336 g/mol. The van der Waals surface area contributed by atoms with Crippen LogP contribution >= 0.6 is 11.3 Å². The number of primary amides is 1. The third-order valence-corrected chi connectivity index (χ3v) is 4.27. The van der Waals surface area contributed by atoms with Crippen molar-refractivity contribution < 1.29 is 9.53 Å². The number of nitrogens with zero attached hydrogens (tertiary/aromatic N) is 1. The lowest BCUT2D eigenvalue weighted by Crippen LogP contribution is -2.36. The van der Waals surface area contributed by atoms with Crippen molar-refractivity contribution in [3.8, 4) is 5.75 Å². The minimum absolute atomic E-state index is 0.128. The fourth-order valence-electron chi connectivity index (χ4n) is 2.15. The van der Waals surface area contributed by atoms with Crippen molar-refractivity contribution in [3.05, 3.63) is 51.7 Å². The van der Waals surface area contributed by atoms with Crippen LogP contribution in [0, 0.1) is 6.92 Å². The van der Waals surface area contributed by atoms with Crippen LogP contribution in [0.2, 0.25) is 0 Å². The van der Waals surface area contributed by atoms with E-state index in [4.69, 9.17) is 10.5 Å². The highest BCUT2D eigenvalue weighted by Gasteiger charge is 2.02. The summed E-state index contributed by atoms with van der Waals surface area (Å²) in [6.07, 6.45) is 0. The van der Waals surface area contributed by atoms with E-state index in [-0.39, 0.29) is 6.61 Å². The van der Waals surface area contributed by atoms with E-state index in [1.54, 1.807) is 17.4 Å². The van der Waals surface area contributed by atoms with Gasteiger partial charge in [0.2, 0.25) is 0 Å². The van der Waals surface area contributed by atoms with Gasteiger partial charge in [-0.3, -0.25) is 4.79 Å². The maximum atomic E-state index is 10.8. The molecule has 0 radical (unpaired) electrons. The zero-order valence-corrected chi connectivity index (χ0v) is 15.4. The van der Waals surface area contributed by atoms with Gasteiger partial charge in [-0.25, -0.2) is 4.99 Å². The Balaban J connectivity index is 1.95. The predicted molar refractivity (Wildman–Crippen MR) is 102 cm³/mol. The van der Waals surface area contributed by atoms with Gasteiger partial charge in [-0.1, -0.05) is 12.1 Å². The van der Waals surface area contributed by atoms with E-state index in [9.17, 15) is 4.79 Å². The quantitative estimate of drug-likeness (QED) is 0.497. The van der Waals surface area contributed by atoms with Crippen molar-refractivity contribution in [2.75, 3.05) is 13.2 Å². The summed E-state index contributed by atoms with van der Waals surface area (Å²) in [7, 11) is 0. The van der Waals surface area contributed by atoms with E-state index in [1.165, 1.54) is 9.75 Å². The van der Waals surface area contributed by atoms with Gasteiger partial charge in [0.15, 0.2) is 12.6 Å². The van der Waals surface area contributed by atoms with Gasteiger partial charge in [-0.2, -0.15) is 0 Å². The molecule has 1 aromatic carbocycles. The summed E-state index contributed by atoms with van der Waals surface area (Å²) in [4.78, 5) is 18.0. The molecule has 134 valence electrons. The van der Waals surface area contributed by atoms with Crippen LogP contribution in [0.1, 0.15) is 22.2 Å². The van der Waals surface area contributed by atoms with Gasteiger partial charge in [0.05, 0.1) is 13.1 Å². The molecule has 0 bridgehead atoms. The highest BCUT2D eigenvalue weighted by molar-refractivity contribution is 7.11. The number of ether oxygens (including phenoxy) is 1. The van der Waals surface area contributed by atoms with E-state index in [0.717, 1.165) is 24.6 Å². The zero-order valence-electron chi connectivity index (χ0n) is 14.5. The van der Waals surface area contributed by atoms with Crippen LogP contribution in [0.4, 0.5) is 0 Å². The maximum absolute atomic E-state index is 10.8. The molecule has 0 atom stereocenters. The van der Waals surface area contributed by atoms with Crippen LogP contribution in [0.25, 0.3) is 0 Å². The lowest BCUT2D eigenvalue weighted by Gasteiger charge is -2.11. The summed E-state index contributed by atoms with van der Waals surface area (Å²) in [5.74, 6) is 0.876. The number of carbonyl (C=O) groups excluding carboxylic acids is 1. The molecule has 1 aromatic heterocycles. The summed E-state index contributed by atoms with van der Waals surface area (Å²) in [6, 6.07) is 11.7. The van der Waals surface area contributed by atoms with Crippen molar-refractivity contribution in [1.29, 1.82) is 0 Å². The van der Waals surface area contributed by atoms with Crippen molar-refractivity contribution in [3.63, 3.8) is 0 Å². The maximum Gasteiger partial charge on any atom is 0.255 e. The van der Waals surface area contributed by atoms with Gasteiger partial charge >= 0.3 is 0 Å². The van der Waals surface area contributed by atoms with Crippen molar-refractivity contribution in [2.24, 2.45) is 10.7 Å². The Morgan fingerprint density at radius 2 is 2.12 bits per heavy atom. The number of hydrogen-bond donors (Lipinski definition) is 3. The standard InChI is InChI=1S/C18H24N4O2S/c1-3-20-18(22-11-16-8-7-13(2)25-16)21-10-14-5-4-6-15(9-14)24-12-17(19)23/h4-9H,3,10-12H2,1-2H3,(H2,19,23)(H2,20,21,22). The number of hydrogen-bond acceptors (Lipinski definition) is 4. The minimum atomic E-state index is -0.495. The summed E-state index contributed by atoms with van der Waals surface area (Å²) >= 11 is 1.77. The van der Waals surface area contributed by atoms with Crippen LogP contribution in [0.5, 0.6) is 5.75 Å². The van der Waals surface area contributed by atoms with Gasteiger partial charge in [-0.15, -0.1) is 11.3 Å². The minimum Gasteiger partial charge on any atom is -0.484 e. The number of carbonyl (C=O) groups is 1. The van der Waals surface area contributed by atoms with E-state index in [2.05, 4.69) is 34.7 Å². The Bertz CT molecular complexity index is 727. The van der Waals surface area contributed by atoms with Gasteiger partial charge in [0, 0.05) is 16.3 Å². The molecule has 0 saturated heterocycles. The smallest absolute Gasteiger partial charge is 0.255 e. The molecule has 4 N–H and O–H groups in total. The van der Waals surface area contributed by atoms with Gasteiger partial charge in [0.1, 0.15) is 5.75 Å². The summed E-state index contributed by atoms with van der Waals surface area (Å²) in [6.45, 7) is 6.04. The van der Waals surface area contributed by atoms with E-state index in [1.807, 2.05) is 25.1 Å². The Morgan fingerprint density at radius 1 is 1.28 bits per heavy atom. The Morgan fingerprint density at radius 3 is 2.80 bits per heavy atom. The first kappa shape index (κ1) is 18.8. The third-order valence-electron chi connectivity index (χ3n) is 3.27. The monoisotopic (exact) mass is 360 g/mol. The summed E-state index contributed by atoms with van der Waals surface area (Å²) < 4.78 is 5.32. The molecule has 0 aliphatic rings. The first-order chi connectivity index (χ1) is 12.1. The number of nitrogens with two attached hydrogens (primary N) is 1. The number of guanidine groups is 1. The molecule has 0 aliphatic carbocycles. The van der Waals surface area contributed by atoms with E-state index in [0.29, 0.717) is 12.3 Å². The molecule has 25 heavy (non-hydrogen) atoms. The van der Waals surface area contributed by atoms with Crippen LogP contribution in [-0.4, -0.2) is 25.0 Å². The van der Waals surface area contributed by atoms with Crippen LogP contribution < -0.4 is 21.1 Å². The van der Waals surface area contributed by atoms with E-state index < -0.39 is 5.91 Å². The Labute approximate surface area is 152 Å². The average Bonchev–Trinajstić information content (AvgIpc) is 3.01. The number of amides is 1. The SMILES string of the molecule is CCNC(=NCc1cccc(OCC(N)=O)c1)NCc1ccc(C)s1. The largest absolute Gasteiger partial charge is 0.484 e. The molecule has 0 fully saturated rings. The Kier molecular flexibility index (Phi) is 7.28. The summed E-state index contributed by atoms with van der Waals surface area (Å²) in [5, 5.41) is 6.57. The third kappa shape index (κ3) is 6.84. The average molecular weight is 360 g/mol. The molecule has 6 nitrogen and oxygen atoms in total. The molecule has 0 aliphatic heterocycles. The number of nitrogens with one attached hydrogen (secondary N) is 2. The number of aliphatic imine (C=N–C) groups is 1. The normalized spacial score (nSPS) is 11.2. The predicted octanol–water partition coefficient (Wildman–Crippen LogP) is 2.18. The van der Waals surface area contributed by atoms with Crippen LogP contribution in [0.15, 0.2) is 41.4 Å². The molecule has 2 aromatic rings. The topological polar surface area (TPSA) is 88.7 Å². The first-order valence-electron chi connectivity index (χ1n) is 8.14. The van der Waals surface area contributed by atoms with Crippen molar-refractivity contribution in [2.45, 2.75) is 26.9 Å². The fourth-order valence-corrected chi connectivity index (χ4v) is 2.98. The molecule has 0 saturated carbocycles. The first-order valence-corrected chi connectivity index (χ1v) is 8.96. The number of aryl methyl sites for hydroxylation is 1. The molecule has 2 rings (SSSR count). The second-order valence-electron chi connectivity index (χ2n) is 5.46. The fraction of sp³-hybridized carbons (Fsp3) is 0.333. The molecule has 1 heterocycles. The van der Waals surface area contributed by atoms with Gasteiger partial charge in [-0.05, 0) is 43.7 Å². The highest BCUT2D eigenvalue weighted by Crippen LogP contribution is 2.15. The van der Waals surface area contributed by atoms with Crippen LogP contribution in [-0.2, 0) is 17.9 Å². The summed E-state index contributed by atoms with van der Waals surface area (Å²) in [5.41, 5.74) is 6.08. The molecule has 0 spiro atoms. The van der Waals surface area contributed by atoms with Crippen molar-refractivity contribution in [1.82, 2.24) is 10.6 Å². The Hall–Kier alpha value is -2.54. The molecular formula is C18H24N4O2S. The number of rotatable bonds is 8. The molecule has 0 unspecified atom stereocenters. The van der Waals surface area contributed by atoms with Gasteiger partial charge in [0.25, 0.3) is 5.91 Å². The van der Waals surface area contributed by atoms with E-state index >= 15 is 0 Å².